The van der Waals surface area contributed by atoms with Gasteiger partial charge in [-0.3, -0.25) is 4.79 Å². The van der Waals surface area contributed by atoms with E-state index in [4.69, 9.17) is 20.9 Å². The molecule has 2 saturated heterocycles. The molecule has 4 N–H and O–H groups in total. The predicted molar refractivity (Wildman–Crippen MR) is 114 cm³/mol. The summed E-state index contributed by atoms with van der Waals surface area (Å²) < 4.78 is 25.4. The Morgan fingerprint density at radius 1 is 1.26 bits per heavy atom. The zero-order chi connectivity index (χ0) is 22.6. The van der Waals surface area contributed by atoms with Crippen molar-refractivity contribution >= 4 is 23.6 Å². The Labute approximate surface area is 181 Å². The van der Waals surface area contributed by atoms with Crippen molar-refractivity contribution in [3.05, 3.63) is 29.6 Å². The van der Waals surface area contributed by atoms with Crippen molar-refractivity contribution in [1.29, 1.82) is 0 Å². The molecule has 2 amide bonds. The number of piperazine rings is 1. The van der Waals surface area contributed by atoms with Gasteiger partial charge in [-0.1, -0.05) is 12.1 Å². The van der Waals surface area contributed by atoms with Crippen molar-refractivity contribution in [2.45, 2.75) is 38.8 Å². The van der Waals surface area contributed by atoms with E-state index in [-0.39, 0.29) is 24.0 Å². The average Bonchev–Trinajstić information content (AvgIpc) is 2.72. The van der Waals surface area contributed by atoms with E-state index in [0.29, 0.717) is 38.5 Å². The monoisotopic (exact) mass is 435 g/mol. The minimum Gasteiger partial charge on any atom is -0.443 e. The van der Waals surface area contributed by atoms with Crippen LogP contribution >= 0.6 is 0 Å². The number of nitrogens with zero attached hydrogens (tertiary/aromatic N) is 3. The molecule has 2 fully saturated rings. The number of carbonyl (C=O) groups excluding carboxylic acids is 2. The highest BCUT2D eigenvalue weighted by atomic mass is 19.1. The Morgan fingerprint density at radius 2 is 1.97 bits per heavy atom. The summed E-state index contributed by atoms with van der Waals surface area (Å²) in [6.07, 6.45) is 0.501. The molecule has 2 heterocycles. The van der Waals surface area contributed by atoms with Crippen molar-refractivity contribution < 1.29 is 23.5 Å². The van der Waals surface area contributed by atoms with Crippen molar-refractivity contribution in [3.63, 3.8) is 0 Å². The second kappa shape index (κ2) is 9.51. The fourth-order valence-corrected chi connectivity index (χ4v) is 4.13. The van der Waals surface area contributed by atoms with Gasteiger partial charge in [0, 0.05) is 44.3 Å². The molecule has 0 atom stereocenters. The topological polar surface area (TPSA) is 123 Å². The zero-order valence-electron chi connectivity index (χ0n) is 18.0. The Morgan fingerprint density at radius 3 is 2.61 bits per heavy atom. The van der Waals surface area contributed by atoms with E-state index < -0.39 is 23.4 Å². The second-order valence-corrected chi connectivity index (χ2v) is 8.45. The van der Waals surface area contributed by atoms with Crippen LogP contribution in [0.4, 0.5) is 14.9 Å². The third-order valence-corrected chi connectivity index (χ3v) is 5.71. The van der Waals surface area contributed by atoms with Crippen LogP contribution in [0, 0.1) is 11.7 Å². The maximum Gasteiger partial charge on any atom is 0.437 e. The maximum absolute atomic E-state index is 15.2. The molecule has 9 nitrogen and oxygen atoms in total. The van der Waals surface area contributed by atoms with Gasteiger partial charge in [-0.2, -0.15) is 0 Å². The molecular formula is C21H30FN5O4. The summed E-state index contributed by atoms with van der Waals surface area (Å²) in [5, 5.41) is 0. The number of halogens is 1. The maximum atomic E-state index is 15.2. The average molecular weight is 436 g/mol. The lowest BCUT2D eigenvalue weighted by molar-refractivity contribution is -0.144. The number of benzene rings is 1. The summed E-state index contributed by atoms with van der Waals surface area (Å²) in [5.74, 6) is -0.761. The van der Waals surface area contributed by atoms with Crippen molar-refractivity contribution in [2.24, 2.45) is 22.4 Å². The van der Waals surface area contributed by atoms with Gasteiger partial charge in [0.1, 0.15) is 6.61 Å². The van der Waals surface area contributed by atoms with Crippen LogP contribution in [-0.2, 0) is 20.9 Å². The normalized spacial score (nSPS) is 19.1. The molecule has 0 spiro atoms. The molecule has 1 aromatic carbocycles. The molecule has 2 aliphatic heterocycles. The van der Waals surface area contributed by atoms with Crippen LogP contribution in [0.15, 0.2) is 23.2 Å². The van der Waals surface area contributed by atoms with Gasteiger partial charge >= 0.3 is 6.09 Å². The molecule has 0 aliphatic carbocycles. The van der Waals surface area contributed by atoms with Gasteiger partial charge < -0.3 is 30.7 Å². The van der Waals surface area contributed by atoms with E-state index in [1.165, 1.54) is 6.07 Å². The van der Waals surface area contributed by atoms with Crippen molar-refractivity contribution in [1.82, 2.24) is 4.90 Å². The first-order chi connectivity index (χ1) is 14.7. The standard InChI is InChI=1S/C21H30FN5O4/c1-21(2)13-26(8-9-27(21)18(28)14-6-10-30-11-7-14)16-5-3-4-15(17(16)22)12-31-20(29)25-19(23)24/h3-5,14H,6-13H2,1-2H3,(H4,23,24,25,29). The largest absolute Gasteiger partial charge is 0.443 e. The molecular weight excluding hydrogens is 405 g/mol. The fraction of sp³-hybridized carbons (Fsp3) is 0.571. The smallest absolute Gasteiger partial charge is 0.437 e. The SMILES string of the molecule is CC1(C)CN(c2cccc(COC(=O)N=C(N)N)c2F)CCN1C(=O)C1CCOCC1. The first kappa shape index (κ1) is 22.8. The molecule has 0 unspecified atom stereocenters. The number of amides is 2. The number of anilines is 1. The molecule has 0 radical (unpaired) electrons. The fourth-order valence-electron chi connectivity index (χ4n) is 4.13. The van der Waals surface area contributed by atoms with Crippen LogP contribution in [0.2, 0.25) is 0 Å². The number of ether oxygens (including phenoxy) is 2. The summed E-state index contributed by atoms with van der Waals surface area (Å²) in [5.41, 5.74) is 10.4. The molecule has 170 valence electrons. The van der Waals surface area contributed by atoms with Gasteiger partial charge in [-0.25, -0.2) is 9.18 Å². The first-order valence-corrected chi connectivity index (χ1v) is 10.4. The highest BCUT2D eigenvalue weighted by Gasteiger charge is 2.40. The summed E-state index contributed by atoms with van der Waals surface area (Å²) in [4.78, 5) is 31.6. The van der Waals surface area contributed by atoms with E-state index >= 15 is 4.39 Å². The van der Waals surface area contributed by atoms with E-state index in [1.54, 1.807) is 12.1 Å². The van der Waals surface area contributed by atoms with E-state index in [2.05, 4.69) is 4.99 Å². The third-order valence-electron chi connectivity index (χ3n) is 5.71. The van der Waals surface area contributed by atoms with Gasteiger partial charge in [-0.15, -0.1) is 4.99 Å². The lowest BCUT2D eigenvalue weighted by Gasteiger charge is -2.49. The van der Waals surface area contributed by atoms with Crippen LogP contribution in [0.1, 0.15) is 32.3 Å². The van der Waals surface area contributed by atoms with Crippen LogP contribution < -0.4 is 16.4 Å². The van der Waals surface area contributed by atoms with Crippen LogP contribution in [0.25, 0.3) is 0 Å². The minimum atomic E-state index is -0.980. The predicted octanol–water partition coefficient (Wildman–Crippen LogP) is 1.59. The summed E-state index contributed by atoms with van der Waals surface area (Å²) in [6, 6.07) is 4.93. The van der Waals surface area contributed by atoms with Gasteiger partial charge in [0.25, 0.3) is 0 Å². The Hall–Kier alpha value is -2.88. The zero-order valence-corrected chi connectivity index (χ0v) is 18.0. The molecule has 10 heteroatoms. The quantitative estimate of drug-likeness (QED) is 0.544. The van der Waals surface area contributed by atoms with Gasteiger partial charge in [-0.05, 0) is 32.8 Å². The van der Waals surface area contributed by atoms with Crippen molar-refractivity contribution in [3.8, 4) is 0 Å². The molecule has 1 aromatic rings. The number of hydrogen-bond donors (Lipinski definition) is 2. The Balaban J connectivity index is 1.69. The number of rotatable bonds is 4. The van der Waals surface area contributed by atoms with Crippen LogP contribution in [-0.4, -0.2) is 61.2 Å². The van der Waals surface area contributed by atoms with Crippen LogP contribution in [0.3, 0.4) is 0 Å². The lowest BCUT2D eigenvalue weighted by Crippen LogP contribution is -2.62. The summed E-state index contributed by atoms with van der Waals surface area (Å²) in [6.45, 7) is 6.42. The highest BCUT2D eigenvalue weighted by molar-refractivity contribution is 5.87. The van der Waals surface area contributed by atoms with Gasteiger partial charge in [0.2, 0.25) is 5.91 Å². The Bertz CT molecular complexity index is 850. The molecule has 3 rings (SSSR count). The number of nitrogens with two attached hydrogens (primary N) is 2. The number of carbonyl (C=O) groups is 2. The van der Waals surface area contributed by atoms with Gasteiger partial charge in [0.05, 0.1) is 11.2 Å². The highest BCUT2D eigenvalue weighted by Crippen LogP contribution is 2.31. The second-order valence-electron chi connectivity index (χ2n) is 8.45. The molecule has 31 heavy (non-hydrogen) atoms. The van der Waals surface area contributed by atoms with Gasteiger partial charge in [0.15, 0.2) is 11.8 Å². The van der Waals surface area contributed by atoms with E-state index in [1.807, 2.05) is 23.6 Å². The van der Waals surface area contributed by atoms with Crippen LogP contribution in [0.5, 0.6) is 0 Å². The Kier molecular flexibility index (Phi) is 6.99. The van der Waals surface area contributed by atoms with E-state index in [9.17, 15) is 9.59 Å². The summed E-state index contributed by atoms with van der Waals surface area (Å²) >= 11 is 0. The molecule has 0 bridgehead atoms. The molecule has 2 aliphatic rings. The number of hydrogen-bond acceptors (Lipinski definition) is 5. The lowest BCUT2D eigenvalue weighted by atomic mass is 9.92. The van der Waals surface area contributed by atoms with E-state index in [0.717, 1.165) is 12.8 Å². The molecule has 0 aromatic heterocycles. The third kappa shape index (κ3) is 5.43. The first-order valence-electron chi connectivity index (χ1n) is 10.4. The number of guanidine groups is 1. The number of aliphatic imine (C=N–C) groups is 1. The minimum absolute atomic E-state index is 0.0143. The molecule has 0 saturated carbocycles. The summed E-state index contributed by atoms with van der Waals surface area (Å²) in [7, 11) is 0. The van der Waals surface area contributed by atoms with Crippen molar-refractivity contribution in [2.75, 3.05) is 37.7 Å².